The maximum absolute atomic E-state index is 6.30. The first-order valence-corrected chi connectivity index (χ1v) is 7.21. The molecule has 0 amide bonds. The van der Waals surface area contributed by atoms with Gasteiger partial charge in [-0.1, -0.05) is 0 Å². The summed E-state index contributed by atoms with van der Waals surface area (Å²) in [6.07, 6.45) is 5.69. The summed E-state index contributed by atoms with van der Waals surface area (Å²) >= 11 is 0. The molecule has 0 spiro atoms. The van der Waals surface area contributed by atoms with Crippen LogP contribution in [0.2, 0.25) is 0 Å². The minimum atomic E-state index is 0.317. The second kappa shape index (κ2) is 5.67. The second-order valence-corrected chi connectivity index (χ2v) is 5.44. The lowest BCUT2D eigenvalue weighted by Gasteiger charge is -2.29. The number of rotatable bonds is 3. The van der Waals surface area contributed by atoms with Crippen molar-refractivity contribution >= 4 is 22.3 Å². The van der Waals surface area contributed by atoms with E-state index in [0.717, 1.165) is 41.9 Å². The average molecular weight is 271 g/mol. The zero-order chi connectivity index (χ0) is 13.9. The van der Waals surface area contributed by atoms with Crippen molar-refractivity contribution in [1.29, 1.82) is 0 Å². The molecule has 20 heavy (non-hydrogen) atoms. The number of nitrogens with two attached hydrogens (primary N) is 1. The Kier molecular flexibility index (Phi) is 3.74. The molecule has 106 valence electrons. The Morgan fingerprint density at radius 2 is 2.25 bits per heavy atom. The van der Waals surface area contributed by atoms with Crippen LogP contribution in [0.15, 0.2) is 30.5 Å². The third-order valence-corrected chi connectivity index (χ3v) is 3.97. The van der Waals surface area contributed by atoms with Crippen molar-refractivity contribution in [3.63, 3.8) is 0 Å². The molecule has 2 aromatic rings. The Morgan fingerprint density at radius 3 is 3.05 bits per heavy atom. The van der Waals surface area contributed by atoms with E-state index in [2.05, 4.69) is 16.9 Å². The number of hydrogen-bond acceptors (Lipinski definition) is 4. The van der Waals surface area contributed by atoms with Gasteiger partial charge in [-0.15, -0.1) is 0 Å². The smallest absolute Gasteiger partial charge is 0.0749 e. The van der Waals surface area contributed by atoms with Crippen molar-refractivity contribution in [2.75, 3.05) is 30.8 Å². The van der Waals surface area contributed by atoms with Gasteiger partial charge in [-0.3, -0.25) is 4.98 Å². The second-order valence-electron chi connectivity index (χ2n) is 5.44. The van der Waals surface area contributed by atoms with Crippen LogP contribution >= 0.6 is 0 Å². The number of benzene rings is 1. The highest BCUT2D eigenvalue weighted by molar-refractivity contribution is 5.97. The van der Waals surface area contributed by atoms with E-state index in [1.165, 1.54) is 12.8 Å². The van der Waals surface area contributed by atoms with Crippen LogP contribution in [0.4, 0.5) is 11.4 Å². The first-order valence-electron chi connectivity index (χ1n) is 7.21. The topological polar surface area (TPSA) is 51.4 Å². The Bertz CT molecular complexity index is 593. The summed E-state index contributed by atoms with van der Waals surface area (Å²) in [4.78, 5) is 6.53. The third kappa shape index (κ3) is 2.56. The van der Waals surface area contributed by atoms with Crippen LogP contribution < -0.4 is 10.6 Å². The van der Waals surface area contributed by atoms with Crippen molar-refractivity contribution in [1.82, 2.24) is 4.98 Å². The van der Waals surface area contributed by atoms with Crippen LogP contribution in [0, 0.1) is 0 Å². The van der Waals surface area contributed by atoms with Gasteiger partial charge in [-0.2, -0.15) is 0 Å². The number of pyridine rings is 1. The molecule has 1 aromatic carbocycles. The standard InChI is InChI=1S/C16H21N3O/c1-19(11-12-5-2-3-10-20-12)15-8-7-14-13(16(15)17)6-4-9-18-14/h4,6-9,12H,2-3,5,10-11,17H2,1H3. The Morgan fingerprint density at radius 1 is 1.35 bits per heavy atom. The lowest BCUT2D eigenvalue weighted by molar-refractivity contribution is 0.0216. The molecule has 0 radical (unpaired) electrons. The van der Waals surface area contributed by atoms with Crippen molar-refractivity contribution < 1.29 is 4.74 Å². The van der Waals surface area contributed by atoms with E-state index in [9.17, 15) is 0 Å². The minimum absolute atomic E-state index is 0.317. The van der Waals surface area contributed by atoms with Crippen LogP contribution in [0.1, 0.15) is 19.3 Å². The highest BCUT2D eigenvalue weighted by Gasteiger charge is 2.17. The van der Waals surface area contributed by atoms with Gasteiger partial charge in [-0.05, 0) is 43.5 Å². The highest BCUT2D eigenvalue weighted by Crippen LogP contribution is 2.30. The molecule has 0 saturated carbocycles. The van der Waals surface area contributed by atoms with Crippen molar-refractivity contribution in [2.24, 2.45) is 0 Å². The summed E-state index contributed by atoms with van der Waals surface area (Å²) in [6, 6.07) is 8.02. The zero-order valence-corrected chi connectivity index (χ0v) is 11.9. The Hall–Kier alpha value is -1.81. The average Bonchev–Trinajstić information content (AvgIpc) is 2.49. The van der Waals surface area contributed by atoms with E-state index in [0.29, 0.717) is 6.10 Å². The van der Waals surface area contributed by atoms with Gasteiger partial charge in [-0.25, -0.2) is 0 Å². The molecule has 1 aliphatic rings. The van der Waals surface area contributed by atoms with Crippen LogP contribution in [-0.2, 0) is 4.74 Å². The molecule has 0 bridgehead atoms. The largest absolute Gasteiger partial charge is 0.396 e. The quantitative estimate of drug-likeness (QED) is 0.872. The van der Waals surface area contributed by atoms with E-state index in [4.69, 9.17) is 10.5 Å². The fourth-order valence-electron chi connectivity index (χ4n) is 2.85. The summed E-state index contributed by atoms with van der Waals surface area (Å²) in [5, 5.41) is 1.02. The summed E-state index contributed by atoms with van der Waals surface area (Å²) < 4.78 is 5.80. The zero-order valence-electron chi connectivity index (χ0n) is 11.9. The summed E-state index contributed by atoms with van der Waals surface area (Å²) in [5.41, 5.74) is 9.10. The number of ether oxygens (including phenoxy) is 1. The molecule has 4 nitrogen and oxygen atoms in total. The molecule has 1 fully saturated rings. The molecule has 3 rings (SSSR count). The molecule has 1 unspecified atom stereocenters. The molecule has 0 aliphatic carbocycles. The lowest BCUT2D eigenvalue weighted by Crippen LogP contribution is -2.33. The number of aromatic nitrogens is 1. The van der Waals surface area contributed by atoms with Crippen LogP contribution in [0.5, 0.6) is 0 Å². The number of hydrogen-bond donors (Lipinski definition) is 1. The van der Waals surface area contributed by atoms with E-state index in [1.807, 2.05) is 24.3 Å². The summed E-state index contributed by atoms with van der Waals surface area (Å²) in [7, 11) is 2.08. The predicted octanol–water partition coefficient (Wildman–Crippen LogP) is 2.82. The lowest BCUT2D eigenvalue weighted by atomic mass is 10.1. The van der Waals surface area contributed by atoms with Crippen molar-refractivity contribution in [3.8, 4) is 0 Å². The molecule has 4 heteroatoms. The molecule has 2 heterocycles. The molecule has 1 aromatic heterocycles. The van der Waals surface area contributed by atoms with E-state index < -0.39 is 0 Å². The first kappa shape index (κ1) is 13.2. The SMILES string of the molecule is CN(CC1CCCCO1)c1ccc2ncccc2c1N. The Labute approximate surface area is 119 Å². The van der Waals surface area contributed by atoms with Gasteiger partial charge in [0.15, 0.2) is 0 Å². The van der Waals surface area contributed by atoms with Gasteiger partial charge in [0, 0.05) is 31.8 Å². The van der Waals surface area contributed by atoms with Crippen molar-refractivity contribution in [3.05, 3.63) is 30.5 Å². The number of anilines is 2. The third-order valence-electron chi connectivity index (χ3n) is 3.97. The molecule has 1 saturated heterocycles. The maximum Gasteiger partial charge on any atom is 0.0749 e. The van der Waals surface area contributed by atoms with E-state index in [1.54, 1.807) is 6.20 Å². The van der Waals surface area contributed by atoms with Crippen molar-refractivity contribution in [2.45, 2.75) is 25.4 Å². The van der Waals surface area contributed by atoms with Gasteiger partial charge in [0.1, 0.15) is 0 Å². The predicted molar refractivity (Wildman–Crippen MR) is 83.0 cm³/mol. The molecular weight excluding hydrogens is 250 g/mol. The fourth-order valence-corrected chi connectivity index (χ4v) is 2.85. The van der Waals surface area contributed by atoms with Crippen LogP contribution in [-0.4, -0.2) is 31.3 Å². The number of fused-ring (bicyclic) bond motifs is 1. The molecule has 2 N–H and O–H groups in total. The highest BCUT2D eigenvalue weighted by atomic mass is 16.5. The summed E-state index contributed by atoms with van der Waals surface area (Å²) in [5.74, 6) is 0. The van der Waals surface area contributed by atoms with Crippen LogP contribution in [0.3, 0.4) is 0 Å². The van der Waals surface area contributed by atoms with E-state index >= 15 is 0 Å². The molecule has 1 aliphatic heterocycles. The van der Waals surface area contributed by atoms with Gasteiger partial charge in [0.25, 0.3) is 0 Å². The van der Waals surface area contributed by atoms with Crippen LogP contribution in [0.25, 0.3) is 10.9 Å². The fraction of sp³-hybridized carbons (Fsp3) is 0.438. The first-order chi connectivity index (χ1) is 9.75. The van der Waals surface area contributed by atoms with Gasteiger partial charge in [0.05, 0.1) is 23.0 Å². The number of nitrogen functional groups attached to an aromatic ring is 1. The maximum atomic E-state index is 6.30. The van der Waals surface area contributed by atoms with Gasteiger partial charge in [0.2, 0.25) is 0 Å². The minimum Gasteiger partial charge on any atom is -0.396 e. The summed E-state index contributed by atoms with van der Waals surface area (Å²) in [6.45, 7) is 1.77. The Balaban J connectivity index is 1.83. The normalized spacial score (nSPS) is 19.1. The van der Waals surface area contributed by atoms with Gasteiger partial charge >= 0.3 is 0 Å². The molecule has 1 atom stereocenters. The number of nitrogens with zero attached hydrogens (tertiary/aromatic N) is 2. The molecular formula is C16H21N3O. The monoisotopic (exact) mass is 271 g/mol. The van der Waals surface area contributed by atoms with Gasteiger partial charge < -0.3 is 15.4 Å². The van der Waals surface area contributed by atoms with E-state index in [-0.39, 0.29) is 0 Å². The number of likely N-dealkylation sites (N-methyl/N-ethyl adjacent to an activating group) is 1.